The molecule has 1 saturated heterocycles. The number of carboxylic acid groups (broad SMARTS) is 1. The molecule has 7 nitrogen and oxygen atoms in total. The third-order valence-electron chi connectivity index (χ3n) is 4.18. The van der Waals surface area contributed by atoms with Crippen molar-refractivity contribution in [3.8, 4) is 0 Å². The molecule has 1 saturated carbocycles. The third kappa shape index (κ3) is 4.19. The summed E-state index contributed by atoms with van der Waals surface area (Å²) in [4.78, 5) is 22.7. The van der Waals surface area contributed by atoms with E-state index in [0.717, 1.165) is 0 Å². The van der Waals surface area contributed by atoms with Gasteiger partial charge in [0.05, 0.1) is 17.6 Å². The smallest absolute Gasteiger partial charge is 0.307 e. The summed E-state index contributed by atoms with van der Waals surface area (Å²) in [6, 6.07) is -0.0620. The number of carbonyl (C=O) groups is 2. The molecule has 0 radical (unpaired) electrons. The minimum Gasteiger partial charge on any atom is -0.481 e. The quantitative estimate of drug-likeness (QED) is 0.727. The molecule has 1 aliphatic carbocycles. The van der Waals surface area contributed by atoms with E-state index in [1.54, 1.807) is 0 Å². The topological polar surface area (TPSA) is 104 Å². The van der Waals surface area contributed by atoms with Crippen molar-refractivity contribution in [1.82, 2.24) is 9.62 Å². The van der Waals surface area contributed by atoms with Gasteiger partial charge in [0, 0.05) is 19.1 Å². The first-order valence-electron chi connectivity index (χ1n) is 7.71. The van der Waals surface area contributed by atoms with E-state index in [9.17, 15) is 18.0 Å². The standard InChI is InChI=1S/C14H24N2O5S/c1-9(2)8-22(20,21)16-5-3-10(4-6-16)15-13(17)11-7-12(11)14(18)19/h9-12H,3-8H2,1-2H3,(H,15,17)(H,18,19)/t11-,12+/m0/s1. The van der Waals surface area contributed by atoms with E-state index in [4.69, 9.17) is 5.11 Å². The van der Waals surface area contributed by atoms with Crippen LogP contribution in [0.4, 0.5) is 0 Å². The Kier molecular flexibility index (Phi) is 5.11. The molecule has 0 unspecified atom stereocenters. The number of sulfonamides is 1. The zero-order valence-electron chi connectivity index (χ0n) is 13.0. The average molecular weight is 332 g/mol. The molecule has 2 rings (SSSR count). The maximum Gasteiger partial charge on any atom is 0.307 e. The number of rotatable bonds is 6. The molecule has 1 heterocycles. The largest absolute Gasteiger partial charge is 0.481 e. The van der Waals surface area contributed by atoms with E-state index in [2.05, 4.69) is 5.32 Å². The van der Waals surface area contributed by atoms with Crippen molar-refractivity contribution in [1.29, 1.82) is 0 Å². The first-order chi connectivity index (χ1) is 10.2. The Hall–Kier alpha value is -1.15. The Bertz CT molecular complexity index is 537. The second-order valence-electron chi connectivity index (χ2n) is 6.64. The summed E-state index contributed by atoms with van der Waals surface area (Å²) < 4.78 is 25.8. The zero-order valence-corrected chi connectivity index (χ0v) is 13.8. The predicted octanol–water partition coefficient (Wildman–Crippen LogP) is 0.274. The Morgan fingerprint density at radius 3 is 2.27 bits per heavy atom. The van der Waals surface area contributed by atoms with Crippen LogP contribution in [0.5, 0.6) is 0 Å². The molecular formula is C14H24N2O5S. The fraction of sp³-hybridized carbons (Fsp3) is 0.857. The van der Waals surface area contributed by atoms with Gasteiger partial charge in [-0.05, 0) is 25.2 Å². The predicted molar refractivity (Wildman–Crippen MR) is 80.6 cm³/mol. The maximum absolute atomic E-state index is 12.1. The maximum atomic E-state index is 12.1. The van der Waals surface area contributed by atoms with E-state index >= 15 is 0 Å². The molecule has 126 valence electrons. The number of carboxylic acids is 1. The summed E-state index contributed by atoms with van der Waals surface area (Å²) in [5, 5.41) is 11.7. The van der Waals surface area contributed by atoms with Gasteiger partial charge >= 0.3 is 5.97 Å². The summed E-state index contributed by atoms with van der Waals surface area (Å²) in [5.74, 6) is -1.87. The Labute approximate surface area is 131 Å². The minimum atomic E-state index is -3.22. The number of carbonyl (C=O) groups excluding carboxylic acids is 1. The molecule has 2 fully saturated rings. The van der Waals surface area contributed by atoms with Crippen molar-refractivity contribution in [2.75, 3.05) is 18.8 Å². The third-order valence-corrected chi connectivity index (χ3v) is 6.42. The Morgan fingerprint density at radius 2 is 1.82 bits per heavy atom. The zero-order chi connectivity index (χ0) is 16.5. The second-order valence-corrected chi connectivity index (χ2v) is 8.65. The van der Waals surface area contributed by atoms with Crippen LogP contribution in [0.1, 0.15) is 33.1 Å². The number of hydrogen-bond donors (Lipinski definition) is 2. The highest BCUT2D eigenvalue weighted by atomic mass is 32.2. The minimum absolute atomic E-state index is 0.0620. The molecule has 2 N–H and O–H groups in total. The van der Waals surface area contributed by atoms with Crippen LogP contribution in [0.25, 0.3) is 0 Å². The second kappa shape index (κ2) is 6.54. The van der Waals surface area contributed by atoms with Crippen LogP contribution in [-0.2, 0) is 19.6 Å². The SMILES string of the molecule is CC(C)CS(=O)(=O)N1CCC(NC(=O)[C@H]2C[C@H]2C(=O)O)CC1. The fourth-order valence-electron chi connectivity index (χ4n) is 2.87. The van der Waals surface area contributed by atoms with Crippen LogP contribution >= 0.6 is 0 Å². The van der Waals surface area contributed by atoms with Gasteiger partial charge < -0.3 is 10.4 Å². The number of aliphatic carboxylic acids is 1. The summed E-state index contributed by atoms with van der Waals surface area (Å²) in [6.45, 7) is 4.57. The molecule has 0 spiro atoms. The lowest BCUT2D eigenvalue weighted by molar-refractivity contribution is -0.140. The highest BCUT2D eigenvalue weighted by molar-refractivity contribution is 7.89. The van der Waals surface area contributed by atoms with Crippen LogP contribution in [0.15, 0.2) is 0 Å². The lowest BCUT2D eigenvalue weighted by atomic mass is 10.1. The molecule has 22 heavy (non-hydrogen) atoms. The Morgan fingerprint density at radius 1 is 1.23 bits per heavy atom. The molecule has 1 amide bonds. The molecule has 0 aromatic carbocycles. The van der Waals surface area contributed by atoms with Gasteiger partial charge in [-0.1, -0.05) is 13.8 Å². The van der Waals surface area contributed by atoms with E-state index in [0.29, 0.717) is 32.4 Å². The fourth-order valence-corrected chi connectivity index (χ4v) is 4.69. The highest BCUT2D eigenvalue weighted by Gasteiger charge is 2.48. The van der Waals surface area contributed by atoms with Gasteiger partial charge in [0.15, 0.2) is 0 Å². The van der Waals surface area contributed by atoms with E-state index in [1.165, 1.54) is 4.31 Å². The lowest BCUT2D eigenvalue weighted by Crippen LogP contribution is -2.47. The molecule has 1 aliphatic heterocycles. The van der Waals surface area contributed by atoms with Crippen LogP contribution in [0, 0.1) is 17.8 Å². The van der Waals surface area contributed by atoms with Gasteiger partial charge in [-0.3, -0.25) is 9.59 Å². The van der Waals surface area contributed by atoms with Crippen molar-refractivity contribution in [3.63, 3.8) is 0 Å². The number of piperidine rings is 1. The molecule has 8 heteroatoms. The van der Waals surface area contributed by atoms with Crippen molar-refractivity contribution in [2.45, 2.75) is 39.2 Å². The van der Waals surface area contributed by atoms with Crippen molar-refractivity contribution >= 4 is 21.9 Å². The summed E-state index contributed by atoms with van der Waals surface area (Å²) >= 11 is 0. The summed E-state index contributed by atoms with van der Waals surface area (Å²) in [5.41, 5.74) is 0. The van der Waals surface area contributed by atoms with E-state index in [-0.39, 0.29) is 23.6 Å². The molecule has 0 bridgehead atoms. The molecule has 2 atom stereocenters. The van der Waals surface area contributed by atoms with Crippen LogP contribution in [0.2, 0.25) is 0 Å². The van der Waals surface area contributed by atoms with E-state index in [1.807, 2.05) is 13.8 Å². The van der Waals surface area contributed by atoms with Gasteiger partial charge in [-0.25, -0.2) is 12.7 Å². The highest BCUT2D eigenvalue weighted by Crippen LogP contribution is 2.38. The molecule has 0 aromatic rings. The summed E-state index contributed by atoms with van der Waals surface area (Å²) in [6.07, 6.45) is 1.56. The number of nitrogens with one attached hydrogen (secondary N) is 1. The van der Waals surface area contributed by atoms with Crippen molar-refractivity contribution < 1.29 is 23.1 Å². The molecule has 2 aliphatic rings. The van der Waals surface area contributed by atoms with E-state index < -0.39 is 27.8 Å². The first-order valence-corrected chi connectivity index (χ1v) is 9.32. The van der Waals surface area contributed by atoms with Crippen molar-refractivity contribution in [3.05, 3.63) is 0 Å². The first kappa shape index (κ1) is 17.2. The molecule has 0 aromatic heterocycles. The monoisotopic (exact) mass is 332 g/mol. The van der Waals surface area contributed by atoms with Crippen LogP contribution < -0.4 is 5.32 Å². The van der Waals surface area contributed by atoms with Gasteiger partial charge in [-0.15, -0.1) is 0 Å². The van der Waals surface area contributed by atoms with Crippen molar-refractivity contribution in [2.24, 2.45) is 17.8 Å². The lowest BCUT2D eigenvalue weighted by Gasteiger charge is -2.32. The van der Waals surface area contributed by atoms with Gasteiger partial charge in [0.25, 0.3) is 0 Å². The van der Waals surface area contributed by atoms with Gasteiger partial charge in [0.2, 0.25) is 15.9 Å². The number of hydrogen-bond acceptors (Lipinski definition) is 4. The van der Waals surface area contributed by atoms with Gasteiger partial charge in [0.1, 0.15) is 0 Å². The van der Waals surface area contributed by atoms with Crippen LogP contribution in [-0.4, -0.2) is 54.6 Å². The summed E-state index contributed by atoms with van der Waals surface area (Å²) in [7, 11) is -3.22. The number of amides is 1. The number of nitrogens with zero attached hydrogens (tertiary/aromatic N) is 1. The molecular weight excluding hydrogens is 308 g/mol. The normalized spacial score (nSPS) is 26.9. The van der Waals surface area contributed by atoms with Gasteiger partial charge in [-0.2, -0.15) is 0 Å². The average Bonchev–Trinajstić information content (AvgIpc) is 3.18. The Balaban J connectivity index is 1.78. The van der Waals surface area contributed by atoms with Crippen LogP contribution in [0.3, 0.4) is 0 Å².